The first-order valence-corrected chi connectivity index (χ1v) is 15.0. The first-order chi connectivity index (χ1) is 18.1. The third kappa shape index (κ3) is 12.2. The van der Waals surface area contributed by atoms with Gasteiger partial charge in [0.1, 0.15) is 0 Å². The van der Waals surface area contributed by atoms with Gasteiger partial charge in [-0.15, -0.1) is 0 Å². The predicted octanol–water partition coefficient (Wildman–Crippen LogP) is 7.10. The van der Waals surface area contributed by atoms with Gasteiger partial charge in [-0.3, -0.25) is 19.2 Å². The highest BCUT2D eigenvalue weighted by Crippen LogP contribution is 2.46. The molecular weight excluding hydrogens is 488 g/mol. The van der Waals surface area contributed by atoms with Crippen LogP contribution in [0.4, 0.5) is 0 Å². The van der Waals surface area contributed by atoms with E-state index in [1.165, 1.54) is 51.4 Å². The van der Waals surface area contributed by atoms with Crippen LogP contribution < -0.4 is 0 Å². The Balaban J connectivity index is 2.43. The second kappa shape index (κ2) is 19.0. The maximum Gasteiger partial charge on any atom is 0.317 e. The van der Waals surface area contributed by atoms with E-state index in [2.05, 4.69) is 13.8 Å². The molecule has 1 fully saturated rings. The number of carboxylic acid groups (broad SMARTS) is 4. The minimum Gasteiger partial charge on any atom is -0.481 e. The molecule has 1 aliphatic carbocycles. The van der Waals surface area contributed by atoms with Crippen LogP contribution in [0.15, 0.2) is 0 Å². The zero-order valence-corrected chi connectivity index (χ0v) is 23.6. The van der Waals surface area contributed by atoms with Gasteiger partial charge in [-0.2, -0.15) is 0 Å². The molecule has 0 aromatic rings. The van der Waals surface area contributed by atoms with E-state index in [0.29, 0.717) is 12.8 Å². The number of hydrogen-bond donors (Lipinski definition) is 4. The molecule has 0 bridgehead atoms. The second-order valence-corrected chi connectivity index (χ2v) is 11.4. The first kappa shape index (κ1) is 33.9. The van der Waals surface area contributed by atoms with Crippen LogP contribution in [0.2, 0.25) is 0 Å². The van der Waals surface area contributed by atoms with Gasteiger partial charge in [0.15, 0.2) is 11.8 Å². The van der Waals surface area contributed by atoms with E-state index in [9.17, 15) is 19.2 Å². The molecular formula is C30H52O8. The number of hydrogen-bond acceptors (Lipinski definition) is 4. The van der Waals surface area contributed by atoms with Crippen LogP contribution in [0.3, 0.4) is 0 Å². The summed E-state index contributed by atoms with van der Waals surface area (Å²) in [6.07, 6.45) is 17.5. The topological polar surface area (TPSA) is 149 Å². The van der Waals surface area contributed by atoms with Crippen molar-refractivity contribution in [1.82, 2.24) is 0 Å². The number of aliphatic carboxylic acids is 4. The van der Waals surface area contributed by atoms with E-state index in [1.807, 2.05) is 0 Å². The van der Waals surface area contributed by atoms with Crippen molar-refractivity contribution in [2.24, 2.45) is 35.5 Å². The van der Waals surface area contributed by atoms with Gasteiger partial charge >= 0.3 is 23.9 Å². The Morgan fingerprint density at radius 1 is 0.526 bits per heavy atom. The monoisotopic (exact) mass is 540 g/mol. The molecule has 1 saturated carbocycles. The molecule has 220 valence electrons. The highest BCUT2D eigenvalue weighted by molar-refractivity contribution is 5.93. The van der Waals surface area contributed by atoms with Gasteiger partial charge in [0.05, 0.1) is 0 Å². The average molecular weight is 541 g/mol. The zero-order chi connectivity index (χ0) is 28.5. The highest BCUT2D eigenvalue weighted by atomic mass is 16.4. The van der Waals surface area contributed by atoms with Crippen molar-refractivity contribution >= 4 is 23.9 Å². The van der Waals surface area contributed by atoms with Crippen LogP contribution in [-0.2, 0) is 19.2 Å². The number of unbranched alkanes of at least 4 members (excludes halogenated alkanes) is 8. The average Bonchev–Trinajstić information content (AvgIpc) is 2.86. The molecule has 0 aromatic carbocycles. The van der Waals surface area contributed by atoms with Crippen LogP contribution in [-0.4, -0.2) is 44.3 Å². The van der Waals surface area contributed by atoms with Crippen molar-refractivity contribution in [2.45, 2.75) is 129 Å². The summed E-state index contributed by atoms with van der Waals surface area (Å²) >= 11 is 0. The molecule has 0 heterocycles. The molecule has 0 amide bonds. The minimum absolute atomic E-state index is 0.200. The lowest BCUT2D eigenvalue weighted by Gasteiger charge is -2.43. The number of rotatable bonds is 22. The van der Waals surface area contributed by atoms with Crippen molar-refractivity contribution in [2.75, 3.05) is 0 Å². The fourth-order valence-corrected chi connectivity index (χ4v) is 6.69. The maximum absolute atomic E-state index is 11.0. The van der Waals surface area contributed by atoms with Crippen molar-refractivity contribution in [3.63, 3.8) is 0 Å². The molecule has 4 N–H and O–H groups in total. The molecule has 0 aliphatic heterocycles. The Kier molecular flexibility index (Phi) is 17.0. The van der Waals surface area contributed by atoms with E-state index in [-0.39, 0.29) is 12.8 Å². The summed E-state index contributed by atoms with van der Waals surface area (Å²) in [5, 5.41) is 36.0. The summed E-state index contributed by atoms with van der Waals surface area (Å²) in [6, 6.07) is 0. The normalized spacial score (nSPS) is 21.6. The second-order valence-electron chi connectivity index (χ2n) is 11.4. The fraction of sp³-hybridized carbons (Fsp3) is 0.867. The van der Waals surface area contributed by atoms with Crippen LogP contribution in [0.25, 0.3) is 0 Å². The van der Waals surface area contributed by atoms with Crippen molar-refractivity contribution in [3.05, 3.63) is 0 Å². The summed E-state index contributed by atoms with van der Waals surface area (Å²) in [7, 11) is 0. The van der Waals surface area contributed by atoms with Gasteiger partial charge in [-0.1, -0.05) is 90.9 Å². The van der Waals surface area contributed by atoms with Gasteiger partial charge < -0.3 is 20.4 Å². The highest BCUT2D eigenvalue weighted by Gasteiger charge is 2.36. The van der Waals surface area contributed by atoms with Crippen LogP contribution in [0.5, 0.6) is 0 Å². The molecule has 1 aliphatic rings. The summed E-state index contributed by atoms with van der Waals surface area (Å²) < 4.78 is 0. The smallest absolute Gasteiger partial charge is 0.317 e. The lowest BCUT2D eigenvalue weighted by Crippen LogP contribution is -2.34. The van der Waals surface area contributed by atoms with Crippen LogP contribution in [0, 0.1) is 35.5 Å². The Hall–Kier alpha value is -2.12. The van der Waals surface area contributed by atoms with Crippen molar-refractivity contribution in [1.29, 1.82) is 0 Å². The minimum atomic E-state index is -1.29. The Morgan fingerprint density at radius 2 is 0.816 bits per heavy atom. The van der Waals surface area contributed by atoms with E-state index >= 15 is 0 Å². The van der Waals surface area contributed by atoms with Gasteiger partial charge in [-0.25, -0.2) is 0 Å². The third-order valence-corrected chi connectivity index (χ3v) is 8.97. The van der Waals surface area contributed by atoms with Gasteiger partial charge in [-0.05, 0) is 62.2 Å². The summed E-state index contributed by atoms with van der Waals surface area (Å²) in [5.74, 6) is -4.53. The van der Waals surface area contributed by atoms with E-state index in [0.717, 1.165) is 62.2 Å². The van der Waals surface area contributed by atoms with Crippen molar-refractivity contribution in [3.8, 4) is 0 Å². The molecule has 8 heteroatoms. The number of carboxylic acids is 4. The maximum atomic E-state index is 11.0. The van der Waals surface area contributed by atoms with Crippen LogP contribution in [0.1, 0.15) is 129 Å². The quantitative estimate of drug-likeness (QED) is 0.0839. The Labute approximate surface area is 228 Å². The zero-order valence-electron chi connectivity index (χ0n) is 23.6. The molecule has 1 rings (SSSR count). The Morgan fingerprint density at radius 3 is 1.11 bits per heavy atom. The van der Waals surface area contributed by atoms with Gasteiger partial charge in [0, 0.05) is 0 Å². The molecule has 0 aromatic heterocycles. The van der Waals surface area contributed by atoms with E-state index in [1.54, 1.807) is 0 Å². The lowest BCUT2D eigenvalue weighted by atomic mass is 9.62. The van der Waals surface area contributed by atoms with Gasteiger partial charge in [0.2, 0.25) is 0 Å². The molecule has 8 nitrogen and oxygen atoms in total. The SMILES string of the molecule is CCC1CCC(CC)C(CCCCCCCC(C(=O)O)C(=O)O)C1CCCCCCCC(C(=O)O)C(=O)O. The Bertz CT molecular complexity index is 633. The molecule has 0 saturated heterocycles. The molecule has 0 spiro atoms. The van der Waals surface area contributed by atoms with E-state index < -0.39 is 35.7 Å². The molecule has 0 radical (unpaired) electrons. The van der Waals surface area contributed by atoms with Gasteiger partial charge in [0.25, 0.3) is 0 Å². The predicted molar refractivity (Wildman–Crippen MR) is 146 cm³/mol. The molecule has 38 heavy (non-hydrogen) atoms. The molecule has 4 atom stereocenters. The molecule has 4 unspecified atom stereocenters. The summed E-state index contributed by atoms with van der Waals surface area (Å²) in [5.41, 5.74) is 0. The standard InChI is InChI=1S/C30H52O8/c1-3-21-19-20-22(4-2)24(16-12-8-6-10-14-18-26(29(35)36)30(37)38)23(21)15-11-7-5-9-13-17-25(27(31)32)28(33)34/h21-26H,3-20H2,1-2H3,(H,31,32)(H,33,34)(H,35,36)(H,37,38). The van der Waals surface area contributed by atoms with E-state index in [4.69, 9.17) is 20.4 Å². The van der Waals surface area contributed by atoms with Crippen LogP contribution >= 0.6 is 0 Å². The fourth-order valence-electron chi connectivity index (χ4n) is 6.69. The largest absolute Gasteiger partial charge is 0.481 e. The summed E-state index contributed by atoms with van der Waals surface area (Å²) in [4.78, 5) is 44.1. The van der Waals surface area contributed by atoms with Crippen molar-refractivity contribution < 1.29 is 39.6 Å². The summed E-state index contributed by atoms with van der Waals surface area (Å²) in [6.45, 7) is 4.62. The lowest BCUT2D eigenvalue weighted by molar-refractivity contribution is -0.156. The third-order valence-electron chi connectivity index (χ3n) is 8.97. The first-order valence-electron chi connectivity index (χ1n) is 15.0. The number of carbonyl (C=O) groups is 4.